The highest BCUT2D eigenvalue weighted by atomic mass is 16.7. The molecule has 4 heteroatoms. The zero-order chi connectivity index (χ0) is 14.7. The maximum absolute atomic E-state index is 5.45. The third kappa shape index (κ3) is 2.95. The van der Waals surface area contributed by atoms with Gasteiger partial charge in [-0.25, -0.2) is 0 Å². The predicted molar refractivity (Wildman–Crippen MR) is 81.1 cm³/mol. The van der Waals surface area contributed by atoms with Crippen LogP contribution in [-0.4, -0.2) is 21.0 Å². The molecule has 0 spiro atoms. The van der Waals surface area contributed by atoms with Crippen LogP contribution in [0, 0.1) is 0 Å². The van der Waals surface area contributed by atoms with E-state index < -0.39 is 0 Å². The molecule has 0 radical (unpaired) electrons. The summed E-state index contributed by atoms with van der Waals surface area (Å²) in [6.07, 6.45) is 0.903. The number of ether oxygens (including phenoxy) is 3. The third-order valence-electron chi connectivity index (χ3n) is 3.75. The lowest BCUT2D eigenvalue weighted by Gasteiger charge is -2.17. The van der Waals surface area contributed by atoms with E-state index in [4.69, 9.17) is 14.2 Å². The lowest BCUT2D eigenvalue weighted by Crippen LogP contribution is -2.18. The minimum absolute atomic E-state index is 0.230. The summed E-state index contributed by atoms with van der Waals surface area (Å²) in [6.45, 7) is 0.307. The molecule has 3 rings (SSSR count). The average molecular weight is 285 g/mol. The zero-order valence-electron chi connectivity index (χ0n) is 12.3. The summed E-state index contributed by atoms with van der Waals surface area (Å²) >= 11 is 0. The van der Waals surface area contributed by atoms with Gasteiger partial charge < -0.3 is 19.5 Å². The van der Waals surface area contributed by atoms with Gasteiger partial charge in [-0.3, -0.25) is 0 Å². The first-order valence-corrected chi connectivity index (χ1v) is 7.00. The van der Waals surface area contributed by atoms with E-state index in [2.05, 4.69) is 23.5 Å². The lowest BCUT2D eigenvalue weighted by atomic mass is 9.98. The highest BCUT2D eigenvalue weighted by Gasteiger charge is 2.17. The number of hydrogen-bond acceptors (Lipinski definition) is 4. The van der Waals surface area contributed by atoms with Crippen molar-refractivity contribution in [3.63, 3.8) is 0 Å². The Bertz CT molecular complexity index is 610. The fourth-order valence-electron chi connectivity index (χ4n) is 2.51. The van der Waals surface area contributed by atoms with Gasteiger partial charge in [0.25, 0.3) is 0 Å². The number of rotatable bonds is 5. The van der Waals surface area contributed by atoms with Crippen LogP contribution in [0.15, 0.2) is 42.5 Å². The second-order valence-electron chi connectivity index (χ2n) is 5.01. The van der Waals surface area contributed by atoms with E-state index in [0.29, 0.717) is 6.79 Å². The van der Waals surface area contributed by atoms with E-state index in [1.54, 1.807) is 7.11 Å². The molecule has 0 saturated heterocycles. The summed E-state index contributed by atoms with van der Waals surface area (Å²) in [5, 5.41) is 3.36. The monoisotopic (exact) mass is 285 g/mol. The molecule has 4 nitrogen and oxygen atoms in total. The van der Waals surface area contributed by atoms with Gasteiger partial charge in [-0.15, -0.1) is 0 Å². The van der Waals surface area contributed by atoms with Gasteiger partial charge in [-0.1, -0.05) is 18.2 Å². The molecule has 0 bridgehead atoms. The molecule has 0 fully saturated rings. The summed E-state index contributed by atoms with van der Waals surface area (Å²) in [6, 6.07) is 14.5. The number of fused-ring (bicyclic) bond motifs is 1. The van der Waals surface area contributed by atoms with Gasteiger partial charge >= 0.3 is 0 Å². The summed E-state index contributed by atoms with van der Waals surface area (Å²) in [4.78, 5) is 0. The van der Waals surface area contributed by atoms with Crippen molar-refractivity contribution >= 4 is 0 Å². The fourth-order valence-corrected chi connectivity index (χ4v) is 2.51. The summed E-state index contributed by atoms with van der Waals surface area (Å²) < 4.78 is 16.0. The first-order valence-electron chi connectivity index (χ1n) is 7.00. The Balaban J connectivity index is 1.78. The molecule has 1 aliphatic rings. The number of benzene rings is 2. The Hall–Kier alpha value is -2.20. The van der Waals surface area contributed by atoms with Crippen LogP contribution in [0.1, 0.15) is 17.2 Å². The van der Waals surface area contributed by atoms with Gasteiger partial charge in [0.1, 0.15) is 5.75 Å². The third-order valence-corrected chi connectivity index (χ3v) is 3.75. The number of nitrogens with one attached hydrogen (secondary N) is 1. The number of likely N-dealkylation sites (N-methyl/N-ethyl adjacent to an activating group) is 1. The number of hydrogen-bond donors (Lipinski definition) is 1. The van der Waals surface area contributed by atoms with E-state index in [1.165, 1.54) is 11.1 Å². The molecule has 1 atom stereocenters. The van der Waals surface area contributed by atoms with Crippen LogP contribution < -0.4 is 19.5 Å². The number of methoxy groups -OCH3 is 1. The molecule has 110 valence electrons. The van der Waals surface area contributed by atoms with Crippen LogP contribution in [-0.2, 0) is 6.42 Å². The van der Waals surface area contributed by atoms with Gasteiger partial charge in [-0.05, 0) is 48.9 Å². The lowest BCUT2D eigenvalue weighted by molar-refractivity contribution is 0.174. The molecule has 2 aromatic rings. The van der Waals surface area contributed by atoms with Crippen LogP contribution in [0.25, 0.3) is 0 Å². The van der Waals surface area contributed by atoms with Crippen molar-refractivity contribution in [2.75, 3.05) is 21.0 Å². The molecule has 1 unspecified atom stereocenters. The molecule has 0 aromatic heterocycles. The molecule has 0 aliphatic carbocycles. The molecule has 2 aromatic carbocycles. The minimum Gasteiger partial charge on any atom is -0.497 e. The topological polar surface area (TPSA) is 39.7 Å². The molecule has 0 saturated carbocycles. The normalized spacial score (nSPS) is 14.0. The van der Waals surface area contributed by atoms with Crippen molar-refractivity contribution in [1.82, 2.24) is 5.32 Å². The van der Waals surface area contributed by atoms with E-state index in [0.717, 1.165) is 23.7 Å². The Morgan fingerprint density at radius 3 is 2.57 bits per heavy atom. The Labute approximate surface area is 124 Å². The van der Waals surface area contributed by atoms with Crippen molar-refractivity contribution < 1.29 is 14.2 Å². The van der Waals surface area contributed by atoms with Gasteiger partial charge in [0, 0.05) is 6.04 Å². The Kier molecular flexibility index (Phi) is 3.97. The molecular formula is C17H19NO3. The van der Waals surface area contributed by atoms with Crippen molar-refractivity contribution in [2.45, 2.75) is 12.5 Å². The maximum Gasteiger partial charge on any atom is 0.231 e. The highest BCUT2D eigenvalue weighted by Crippen LogP contribution is 2.34. The fraction of sp³-hybridized carbons (Fsp3) is 0.294. The smallest absolute Gasteiger partial charge is 0.231 e. The Morgan fingerprint density at radius 2 is 1.86 bits per heavy atom. The van der Waals surface area contributed by atoms with Crippen LogP contribution in [0.2, 0.25) is 0 Å². The molecule has 0 amide bonds. The van der Waals surface area contributed by atoms with Crippen LogP contribution in [0.4, 0.5) is 0 Å². The van der Waals surface area contributed by atoms with Crippen molar-refractivity contribution in [2.24, 2.45) is 0 Å². The van der Waals surface area contributed by atoms with E-state index in [-0.39, 0.29) is 6.04 Å². The molecule has 21 heavy (non-hydrogen) atoms. The quantitative estimate of drug-likeness (QED) is 0.917. The standard InChI is InChI=1S/C17H19NO3/c1-18-15(9-12-3-6-14(19-2)7-4-12)13-5-8-16-17(10-13)21-11-20-16/h3-8,10,15,18H,9,11H2,1-2H3. The zero-order valence-corrected chi connectivity index (χ0v) is 12.3. The van der Waals surface area contributed by atoms with Gasteiger partial charge in [0.15, 0.2) is 11.5 Å². The Morgan fingerprint density at radius 1 is 1.10 bits per heavy atom. The maximum atomic E-state index is 5.45. The van der Waals surface area contributed by atoms with Gasteiger partial charge in [0.2, 0.25) is 6.79 Å². The SMILES string of the molecule is CNC(Cc1ccc(OC)cc1)c1ccc2c(c1)OCO2. The summed E-state index contributed by atoms with van der Waals surface area (Å²) in [5.74, 6) is 2.52. The highest BCUT2D eigenvalue weighted by molar-refractivity contribution is 5.45. The van der Waals surface area contributed by atoms with Crippen LogP contribution in [0.3, 0.4) is 0 Å². The van der Waals surface area contributed by atoms with E-state index in [1.807, 2.05) is 31.3 Å². The van der Waals surface area contributed by atoms with Crippen molar-refractivity contribution in [3.8, 4) is 17.2 Å². The van der Waals surface area contributed by atoms with Crippen molar-refractivity contribution in [3.05, 3.63) is 53.6 Å². The molecule has 1 heterocycles. The minimum atomic E-state index is 0.230. The van der Waals surface area contributed by atoms with Crippen LogP contribution in [0.5, 0.6) is 17.2 Å². The second-order valence-corrected chi connectivity index (χ2v) is 5.01. The average Bonchev–Trinajstić information content (AvgIpc) is 3.00. The van der Waals surface area contributed by atoms with Gasteiger partial charge in [0.05, 0.1) is 7.11 Å². The van der Waals surface area contributed by atoms with E-state index in [9.17, 15) is 0 Å². The first kappa shape index (κ1) is 13.8. The molecule has 1 N–H and O–H groups in total. The molecular weight excluding hydrogens is 266 g/mol. The van der Waals surface area contributed by atoms with Crippen LogP contribution >= 0.6 is 0 Å². The first-order chi connectivity index (χ1) is 10.3. The second kappa shape index (κ2) is 6.06. The predicted octanol–water partition coefficient (Wildman–Crippen LogP) is 2.93. The summed E-state index contributed by atoms with van der Waals surface area (Å²) in [7, 11) is 3.65. The molecule has 1 aliphatic heterocycles. The van der Waals surface area contributed by atoms with Crippen molar-refractivity contribution in [1.29, 1.82) is 0 Å². The van der Waals surface area contributed by atoms with Gasteiger partial charge in [-0.2, -0.15) is 0 Å². The van der Waals surface area contributed by atoms with E-state index >= 15 is 0 Å². The largest absolute Gasteiger partial charge is 0.497 e. The summed E-state index contributed by atoms with van der Waals surface area (Å²) in [5.41, 5.74) is 2.45.